The van der Waals surface area contributed by atoms with Gasteiger partial charge in [-0.2, -0.15) is 0 Å². The van der Waals surface area contributed by atoms with Gasteiger partial charge in [0.25, 0.3) is 0 Å². The van der Waals surface area contributed by atoms with Crippen molar-refractivity contribution in [1.82, 2.24) is 0 Å². The number of anilines is 1. The molecule has 11 heavy (non-hydrogen) atoms. The highest BCUT2D eigenvalue weighted by molar-refractivity contribution is 7.80. The van der Waals surface area contributed by atoms with E-state index in [9.17, 15) is 13.2 Å². The lowest BCUT2D eigenvalue weighted by Crippen LogP contribution is -2.01. The van der Waals surface area contributed by atoms with Gasteiger partial charge in [-0.3, -0.25) is 4.21 Å². The highest BCUT2D eigenvalue weighted by Gasteiger charge is 1.91. The molecule has 60 valence electrons. The molecule has 1 aromatic rings. The van der Waals surface area contributed by atoms with Crippen molar-refractivity contribution in [1.29, 1.82) is 0 Å². The summed E-state index contributed by atoms with van der Waals surface area (Å²) in [5.41, 5.74) is 0.221. The maximum absolute atomic E-state index is 12.4. The lowest BCUT2D eigenvalue weighted by molar-refractivity contribution is 0.542. The molecule has 1 N–H and O–H groups in total. The average Bonchev–Trinajstić information content (AvgIpc) is 1.85. The predicted molar refractivity (Wildman–Crippen MR) is 38.9 cm³/mol. The predicted octanol–water partition coefficient (Wildman–Crippen LogP) is 1.03. The molecule has 0 radical (unpaired) electrons. The molecule has 0 aromatic heterocycles. The molecule has 3 nitrogen and oxygen atoms in total. The Bertz CT molecular complexity index is 279. The van der Waals surface area contributed by atoms with Crippen LogP contribution in [0, 0.1) is 5.82 Å². The lowest BCUT2D eigenvalue weighted by atomic mass is 10.3. The van der Waals surface area contributed by atoms with Crippen LogP contribution in [0.1, 0.15) is 0 Å². The monoisotopic (exact) mass is 174 g/mol. The standard InChI is InChI=1S/C6H6FNO2S/c7-5-2-1-3-6(4-5)8-11(9)10/h1-4,8H,(H,9,10)/p-1. The van der Waals surface area contributed by atoms with Gasteiger partial charge in [0.05, 0.1) is 0 Å². The molecular formula is C6H5FNO2S-. The number of nitrogens with one attached hydrogen (secondary N) is 1. The van der Waals surface area contributed by atoms with Crippen LogP contribution < -0.4 is 4.72 Å². The summed E-state index contributed by atoms with van der Waals surface area (Å²) in [7, 11) is 0. The molecule has 0 saturated carbocycles. The zero-order valence-corrected chi connectivity index (χ0v) is 6.23. The van der Waals surface area contributed by atoms with E-state index >= 15 is 0 Å². The average molecular weight is 174 g/mol. The van der Waals surface area contributed by atoms with Gasteiger partial charge >= 0.3 is 0 Å². The van der Waals surface area contributed by atoms with Crippen LogP contribution in [0.4, 0.5) is 10.1 Å². The quantitative estimate of drug-likeness (QED) is 0.681. The van der Waals surface area contributed by atoms with Crippen LogP contribution >= 0.6 is 0 Å². The van der Waals surface area contributed by atoms with Gasteiger partial charge in [0.1, 0.15) is 5.82 Å². The first-order valence-corrected chi connectivity index (χ1v) is 3.87. The molecule has 0 amide bonds. The van der Waals surface area contributed by atoms with E-state index in [2.05, 4.69) is 0 Å². The molecule has 0 fully saturated rings. The van der Waals surface area contributed by atoms with Crippen molar-refractivity contribution in [2.24, 2.45) is 0 Å². The van der Waals surface area contributed by atoms with E-state index in [1.165, 1.54) is 18.2 Å². The first kappa shape index (κ1) is 8.16. The van der Waals surface area contributed by atoms with Crippen molar-refractivity contribution in [3.05, 3.63) is 30.1 Å². The van der Waals surface area contributed by atoms with E-state index < -0.39 is 17.1 Å². The Morgan fingerprint density at radius 2 is 2.27 bits per heavy atom. The van der Waals surface area contributed by atoms with Gasteiger partial charge in [-0.1, -0.05) is 6.07 Å². The fourth-order valence-corrected chi connectivity index (χ4v) is 0.968. The molecule has 1 aromatic carbocycles. The number of benzene rings is 1. The third kappa shape index (κ3) is 2.65. The van der Waals surface area contributed by atoms with Crippen LogP contribution in [0.3, 0.4) is 0 Å². The van der Waals surface area contributed by atoms with Gasteiger partial charge in [0.15, 0.2) is 0 Å². The summed E-state index contributed by atoms with van der Waals surface area (Å²) in [6, 6.07) is 5.21. The number of hydrogen-bond acceptors (Lipinski definition) is 2. The molecule has 5 heteroatoms. The molecule has 0 saturated heterocycles. The number of halogens is 1. The van der Waals surface area contributed by atoms with Crippen molar-refractivity contribution in [3.8, 4) is 0 Å². The Balaban J connectivity index is 2.79. The molecule has 1 atom stereocenters. The maximum Gasteiger partial charge on any atom is 0.125 e. The lowest BCUT2D eigenvalue weighted by Gasteiger charge is -2.07. The highest BCUT2D eigenvalue weighted by atomic mass is 32.2. The third-order valence-electron chi connectivity index (χ3n) is 1.03. The minimum atomic E-state index is -2.39. The van der Waals surface area contributed by atoms with Gasteiger partial charge in [0, 0.05) is 17.0 Å². The van der Waals surface area contributed by atoms with Gasteiger partial charge < -0.3 is 9.27 Å². The second-order valence-electron chi connectivity index (χ2n) is 1.85. The van der Waals surface area contributed by atoms with Crippen LogP contribution in [0.2, 0.25) is 0 Å². The van der Waals surface area contributed by atoms with E-state index in [1.54, 1.807) is 0 Å². The SMILES string of the molecule is O=S([O-])Nc1cccc(F)c1. The number of hydrogen-bond donors (Lipinski definition) is 1. The van der Waals surface area contributed by atoms with E-state index in [1.807, 2.05) is 4.72 Å². The summed E-state index contributed by atoms with van der Waals surface area (Å²) in [5.74, 6) is -0.472. The van der Waals surface area contributed by atoms with Gasteiger partial charge in [0.2, 0.25) is 0 Å². The molecular weight excluding hydrogens is 169 g/mol. The largest absolute Gasteiger partial charge is 0.755 e. The summed E-state index contributed by atoms with van der Waals surface area (Å²) >= 11 is -2.39. The smallest absolute Gasteiger partial charge is 0.125 e. The maximum atomic E-state index is 12.4. The van der Waals surface area contributed by atoms with Crippen LogP contribution in [0.5, 0.6) is 0 Å². The van der Waals surface area contributed by atoms with Crippen LogP contribution in [0.25, 0.3) is 0 Å². The van der Waals surface area contributed by atoms with Crippen molar-refractivity contribution >= 4 is 17.0 Å². The first-order valence-electron chi connectivity index (χ1n) is 2.80. The Kier molecular flexibility index (Phi) is 2.56. The van der Waals surface area contributed by atoms with Gasteiger partial charge in [-0.05, 0) is 18.2 Å². The molecule has 0 bridgehead atoms. The summed E-state index contributed by atoms with van der Waals surface area (Å²) in [6.45, 7) is 0. The van der Waals surface area contributed by atoms with Crippen LogP contribution in [-0.4, -0.2) is 8.76 Å². The van der Waals surface area contributed by atoms with E-state index in [-0.39, 0.29) is 5.69 Å². The fraction of sp³-hybridized carbons (Fsp3) is 0. The van der Waals surface area contributed by atoms with E-state index in [4.69, 9.17) is 0 Å². The molecule has 0 heterocycles. The summed E-state index contributed by atoms with van der Waals surface area (Å²) in [5, 5.41) is 0. The molecule has 0 spiro atoms. The zero-order valence-electron chi connectivity index (χ0n) is 5.41. The number of rotatable bonds is 2. The van der Waals surface area contributed by atoms with Crippen LogP contribution in [0.15, 0.2) is 24.3 Å². The normalized spacial score (nSPS) is 12.5. The van der Waals surface area contributed by atoms with E-state index in [0.29, 0.717) is 0 Å². The van der Waals surface area contributed by atoms with Crippen molar-refractivity contribution in [3.63, 3.8) is 0 Å². The Labute approximate surface area is 65.7 Å². The molecule has 0 aliphatic rings. The first-order chi connectivity index (χ1) is 5.18. The molecule has 0 aliphatic carbocycles. The third-order valence-corrected chi connectivity index (χ3v) is 1.43. The second kappa shape index (κ2) is 3.45. The zero-order chi connectivity index (χ0) is 8.27. The van der Waals surface area contributed by atoms with Crippen molar-refractivity contribution in [2.75, 3.05) is 4.72 Å². The Morgan fingerprint density at radius 3 is 2.82 bits per heavy atom. The minimum Gasteiger partial charge on any atom is -0.755 e. The topological polar surface area (TPSA) is 52.2 Å². The fourth-order valence-electron chi connectivity index (χ4n) is 0.648. The van der Waals surface area contributed by atoms with Crippen molar-refractivity contribution < 1.29 is 13.2 Å². The second-order valence-corrected chi connectivity index (χ2v) is 2.52. The summed E-state index contributed by atoms with van der Waals surface area (Å²) in [6.07, 6.45) is 0. The van der Waals surface area contributed by atoms with Crippen LogP contribution in [-0.2, 0) is 11.3 Å². The molecule has 1 unspecified atom stereocenters. The molecule has 0 aliphatic heterocycles. The van der Waals surface area contributed by atoms with E-state index in [0.717, 1.165) is 6.07 Å². The minimum absolute atomic E-state index is 0.221. The Morgan fingerprint density at radius 1 is 1.55 bits per heavy atom. The van der Waals surface area contributed by atoms with Gasteiger partial charge in [-0.25, -0.2) is 4.39 Å². The summed E-state index contributed by atoms with van der Waals surface area (Å²) in [4.78, 5) is 0. The van der Waals surface area contributed by atoms with Gasteiger partial charge in [-0.15, -0.1) is 0 Å². The van der Waals surface area contributed by atoms with Crippen molar-refractivity contribution in [2.45, 2.75) is 0 Å². The Hall–Kier alpha value is -0.940. The highest BCUT2D eigenvalue weighted by Crippen LogP contribution is 2.08. The summed E-state index contributed by atoms with van der Waals surface area (Å²) < 4.78 is 34.5. The molecule has 1 rings (SSSR count).